The lowest BCUT2D eigenvalue weighted by Crippen LogP contribution is -2.40. The van der Waals surface area contributed by atoms with Crippen LogP contribution < -0.4 is 0 Å². The van der Waals surface area contributed by atoms with Crippen LogP contribution >= 0.6 is 0 Å². The molecule has 0 amide bonds. The fourth-order valence-electron chi connectivity index (χ4n) is 5.04. The molecule has 2 aromatic carbocycles. The van der Waals surface area contributed by atoms with Crippen molar-refractivity contribution in [3.63, 3.8) is 0 Å². The Kier molecular flexibility index (Phi) is 4.04. The third kappa shape index (κ3) is 2.66. The molecule has 1 saturated carbocycles. The fourth-order valence-corrected chi connectivity index (χ4v) is 5.04. The molecule has 1 aliphatic carbocycles. The molecule has 0 saturated heterocycles. The summed E-state index contributed by atoms with van der Waals surface area (Å²) in [6, 6.07) is 10.8. The van der Waals surface area contributed by atoms with Gasteiger partial charge in [0.15, 0.2) is 0 Å². The first-order chi connectivity index (χ1) is 14.3. The van der Waals surface area contributed by atoms with E-state index in [1.807, 2.05) is 6.92 Å². The maximum absolute atomic E-state index is 13.6. The number of rotatable bonds is 4. The number of carbonyl (C=O) groups is 1. The van der Waals surface area contributed by atoms with Crippen LogP contribution in [0, 0.1) is 11.2 Å². The second-order valence-electron chi connectivity index (χ2n) is 9.06. The predicted octanol–water partition coefficient (Wildman–Crippen LogP) is 5.74. The Balaban J connectivity index is 1.81. The van der Waals surface area contributed by atoms with E-state index in [0.717, 1.165) is 33.2 Å². The predicted molar refractivity (Wildman–Crippen MR) is 115 cm³/mol. The van der Waals surface area contributed by atoms with E-state index in [1.165, 1.54) is 17.7 Å². The van der Waals surface area contributed by atoms with E-state index < -0.39 is 11.4 Å². The zero-order valence-electron chi connectivity index (χ0n) is 17.2. The molecule has 154 valence electrons. The average Bonchev–Trinajstić information content (AvgIpc) is 3.26. The number of halogens is 1. The van der Waals surface area contributed by atoms with Gasteiger partial charge in [0.2, 0.25) is 0 Å². The highest BCUT2D eigenvalue weighted by Gasteiger charge is 2.48. The lowest BCUT2D eigenvalue weighted by atomic mass is 9.60. The van der Waals surface area contributed by atoms with Crippen LogP contribution in [0.15, 0.2) is 42.6 Å². The monoisotopic (exact) mass is 405 g/mol. The van der Waals surface area contributed by atoms with Gasteiger partial charge in [-0.1, -0.05) is 13.8 Å². The van der Waals surface area contributed by atoms with Gasteiger partial charge in [-0.3, -0.25) is 9.89 Å². The largest absolute Gasteiger partial charge is 0.481 e. The highest BCUT2D eigenvalue weighted by atomic mass is 19.1. The summed E-state index contributed by atoms with van der Waals surface area (Å²) < 4.78 is 15.8. The number of carboxylic acid groups (broad SMARTS) is 1. The van der Waals surface area contributed by atoms with Crippen LogP contribution in [0.3, 0.4) is 0 Å². The van der Waals surface area contributed by atoms with Gasteiger partial charge in [-0.15, -0.1) is 0 Å². The molecule has 0 bridgehead atoms. The SMILES string of the molecule is CC(C)c1c([C@H]2C[C@](C)(C(=O)O)C2)c2cc3[nH]ncc3cc2n1-c1ccc(F)cc1. The molecule has 0 aliphatic heterocycles. The second-order valence-corrected chi connectivity index (χ2v) is 9.06. The summed E-state index contributed by atoms with van der Waals surface area (Å²) in [4.78, 5) is 11.7. The summed E-state index contributed by atoms with van der Waals surface area (Å²) in [5.41, 5.74) is 4.59. The number of nitrogens with one attached hydrogen (secondary N) is 1. The summed E-state index contributed by atoms with van der Waals surface area (Å²) >= 11 is 0. The fraction of sp³-hybridized carbons (Fsp3) is 0.333. The van der Waals surface area contributed by atoms with Gasteiger partial charge in [0.05, 0.1) is 22.6 Å². The van der Waals surface area contributed by atoms with Crippen molar-refractivity contribution in [2.75, 3.05) is 0 Å². The van der Waals surface area contributed by atoms with Gasteiger partial charge in [0, 0.05) is 22.2 Å². The molecule has 0 radical (unpaired) electrons. The van der Waals surface area contributed by atoms with Crippen LogP contribution in [0.5, 0.6) is 0 Å². The van der Waals surface area contributed by atoms with E-state index in [4.69, 9.17) is 0 Å². The molecule has 2 N–H and O–H groups in total. The number of nitrogens with zero attached hydrogens (tertiary/aromatic N) is 2. The van der Waals surface area contributed by atoms with Gasteiger partial charge in [-0.25, -0.2) is 4.39 Å². The lowest BCUT2D eigenvalue weighted by molar-refractivity contribution is -0.154. The Labute approximate surface area is 173 Å². The van der Waals surface area contributed by atoms with Crippen molar-refractivity contribution in [1.29, 1.82) is 0 Å². The number of hydrogen-bond acceptors (Lipinski definition) is 2. The Morgan fingerprint density at radius 3 is 2.60 bits per heavy atom. The van der Waals surface area contributed by atoms with Crippen LogP contribution in [-0.2, 0) is 4.79 Å². The normalized spacial score (nSPS) is 21.4. The average molecular weight is 405 g/mol. The first-order valence-corrected chi connectivity index (χ1v) is 10.3. The number of aliphatic carboxylic acids is 1. The number of benzene rings is 2. The number of aromatic nitrogens is 3. The van der Waals surface area contributed by atoms with Crippen molar-refractivity contribution in [2.45, 2.75) is 45.4 Å². The molecular weight excluding hydrogens is 381 g/mol. The lowest BCUT2D eigenvalue weighted by Gasteiger charge is -2.42. The minimum absolute atomic E-state index is 0.174. The molecule has 2 aromatic heterocycles. The molecule has 30 heavy (non-hydrogen) atoms. The van der Waals surface area contributed by atoms with E-state index in [-0.39, 0.29) is 17.7 Å². The molecule has 0 atom stereocenters. The number of aromatic amines is 1. The molecular formula is C24H24FN3O2. The third-order valence-corrected chi connectivity index (χ3v) is 6.55. The Morgan fingerprint density at radius 1 is 1.27 bits per heavy atom. The van der Waals surface area contributed by atoms with Gasteiger partial charge in [-0.05, 0) is 73.6 Å². The van der Waals surface area contributed by atoms with Gasteiger partial charge in [0.1, 0.15) is 5.82 Å². The van der Waals surface area contributed by atoms with Crippen LogP contribution in [-0.4, -0.2) is 25.8 Å². The number of hydrogen-bond donors (Lipinski definition) is 2. The zero-order valence-corrected chi connectivity index (χ0v) is 17.2. The van der Waals surface area contributed by atoms with Crippen LogP contribution in [0.1, 0.15) is 56.7 Å². The smallest absolute Gasteiger partial charge is 0.309 e. The molecule has 5 rings (SSSR count). The standard InChI is InChI=1S/C24H24FN3O2/c1-13(2)22-21(15-10-24(3,11-15)23(29)30)18-9-19-14(12-26-27-19)8-20(18)28(22)17-6-4-16(25)5-7-17/h4-9,12-13,15H,10-11H2,1-3H3,(H,26,27)(H,29,30)/t15-,24-. The molecule has 4 aromatic rings. The zero-order chi connectivity index (χ0) is 21.2. The summed E-state index contributed by atoms with van der Waals surface area (Å²) in [7, 11) is 0. The number of H-pyrrole nitrogens is 1. The molecule has 5 nitrogen and oxygen atoms in total. The molecule has 0 spiro atoms. The van der Waals surface area contributed by atoms with Crippen molar-refractivity contribution < 1.29 is 14.3 Å². The van der Waals surface area contributed by atoms with Crippen molar-refractivity contribution in [3.05, 3.63) is 59.7 Å². The minimum Gasteiger partial charge on any atom is -0.481 e. The summed E-state index contributed by atoms with van der Waals surface area (Å²) in [6.45, 7) is 6.13. The molecule has 1 aliphatic rings. The first-order valence-electron chi connectivity index (χ1n) is 10.3. The van der Waals surface area contributed by atoms with Crippen LogP contribution in [0.4, 0.5) is 4.39 Å². The molecule has 1 fully saturated rings. The van der Waals surface area contributed by atoms with Gasteiger partial charge < -0.3 is 9.67 Å². The van der Waals surface area contributed by atoms with E-state index in [2.05, 4.69) is 40.7 Å². The number of carboxylic acids is 1. The summed E-state index contributed by atoms with van der Waals surface area (Å²) in [5.74, 6) is -0.614. The Bertz CT molecular complexity index is 1280. The van der Waals surface area contributed by atoms with Crippen molar-refractivity contribution >= 4 is 27.8 Å². The van der Waals surface area contributed by atoms with E-state index in [0.29, 0.717) is 12.8 Å². The highest BCUT2D eigenvalue weighted by molar-refractivity contribution is 5.99. The van der Waals surface area contributed by atoms with E-state index >= 15 is 0 Å². The van der Waals surface area contributed by atoms with Crippen molar-refractivity contribution in [3.8, 4) is 5.69 Å². The van der Waals surface area contributed by atoms with Crippen molar-refractivity contribution in [2.24, 2.45) is 5.41 Å². The maximum atomic E-state index is 13.6. The van der Waals surface area contributed by atoms with Crippen LogP contribution in [0.2, 0.25) is 0 Å². The van der Waals surface area contributed by atoms with Gasteiger partial charge >= 0.3 is 5.97 Å². The Morgan fingerprint density at radius 2 is 1.97 bits per heavy atom. The molecule has 2 heterocycles. The molecule has 6 heteroatoms. The third-order valence-electron chi connectivity index (χ3n) is 6.55. The Hall–Kier alpha value is -3.15. The van der Waals surface area contributed by atoms with E-state index in [9.17, 15) is 14.3 Å². The first kappa shape index (κ1) is 18.9. The highest BCUT2D eigenvalue weighted by Crippen LogP contribution is 2.55. The number of fused-ring (bicyclic) bond motifs is 2. The topological polar surface area (TPSA) is 70.9 Å². The minimum atomic E-state index is -0.733. The maximum Gasteiger partial charge on any atom is 0.309 e. The summed E-state index contributed by atoms with van der Waals surface area (Å²) in [6.07, 6.45) is 3.04. The summed E-state index contributed by atoms with van der Waals surface area (Å²) in [5, 5.41) is 19.0. The van der Waals surface area contributed by atoms with Crippen molar-refractivity contribution in [1.82, 2.24) is 14.8 Å². The van der Waals surface area contributed by atoms with Gasteiger partial charge in [0.25, 0.3) is 0 Å². The van der Waals surface area contributed by atoms with Gasteiger partial charge in [-0.2, -0.15) is 5.10 Å². The van der Waals surface area contributed by atoms with Crippen LogP contribution in [0.25, 0.3) is 27.5 Å². The molecule has 0 unspecified atom stereocenters. The second kappa shape index (κ2) is 6.42. The van der Waals surface area contributed by atoms with E-state index in [1.54, 1.807) is 18.3 Å². The quantitative estimate of drug-likeness (QED) is 0.455.